The maximum atomic E-state index is 11.4. The Bertz CT molecular complexity index is 276. The molecule has 0 saturated carbocycles. The van der Waals surface area contributed by atoms with Crippen LogP contribution in [-0.4, -0.2) is 20.2 Å². The highest BCUT2D eigenvalue weighted by molar-refractivity contribution is 9.10. The van der Waals surface area contributed by atoms with Gasteiger partial charge < -0.3 is 10.3 Å². The van der Waals surface area contributed by atoms with E-state index < -0.39 is 4.32 Å². The van der Waals surface area contributed by atoms with E-state index in [1.807, 2.05) is 0 Å². The predicted molar refractivity (Wildman–Crippen MR) is 53.4 cm³/mol. The highest BCUT2D eigenvalue weighted by Crippen LogP contribution is 2.15. The van der Waals surface area contributed by atoms with Gasteiger partial charge in [0.1, 0.15) is 0 Å². The molecule has 0 bridgehead atoms. The minimum absolute atomic E-state index is 0.0397. The number of aromatic amines is 1. The van der Waals surface area contributed by atoms with Crippen molar-refractivity contribution in [2.24, 2.45) is 0 Å². The van der Waals surface area contributed by atoms with Gasteiger partial charge in [-0.25, -0.2) is 4.98 Å². The summed E-state index contributed by atoms with van der Waals surface area (Å²) in [5.41, 5.74) is 0.894. The number of carbonyl (C=O) groups excluding carboxylic acids is 1. The van der Waals surface area contributed by atoms with E-state index in [2.05, 4.69) is 31.2 Å². The molecule has 4 nitrogen and oxygen atoms in total. The van der Waals surface area contributed by atoms with Crippen LogP contribution < -0.4 is 5.32 Å². The number of nitrogens with one attached hydrogen (secondary N) is 2. The first kappa shape index (κ1) is 10.2. The van der Waals surface area contributed by atoms with Crippen LogP contribution in [0, 0.1) is 0 Å². The summed E-state index contributed by atoms with van der Waals surface area (Å²) in [5.74, 6) is -0.0397. The molecule has 72 valence electrons. The van der Waals surface area contributed by atoms with E-state index >= 15 is 0 Å². The van der Waals surface area contributed by atoms with Crippen LogP contribution in [0.5, 0.6) is 0 Å². The molecule has 0 radical (unpaired) electrons. The van der Waals surface area contributed by atoms with Gasteiger partial charge >= 0.3 is 0 Å². The molecule has 0 aromatic carbocycles. The number of amides is 1. The van der Waals surface area contributed by atoms with E-state index in [0.717, 1.165) is 5.69 Å². The van der Waals surface area contributed by atoms with Gasteiger partial charge in [-0.1, -0.05) is 15.9 Å². The number of nitrogens with zero attached hydrogens (tertiary/aromatic N) is 1. The van der Waals surface area contributed by atoms with Crippen LogP contribution in [0.3, 0.4) is 0 Å². The second-order valence-corrected chi connectivity index (χ2v) is 5.21. The van der Waals surface area contributed by atoms with Crippen molar-refractivity contribution >= 4 is 21.8 Å². The summed E-state index contributed by atoms with van der Waals surface area (Å²) in [6, 6.07) is 0. The number of carbonyl (C=O) groups is 1. The van der Waals surface area contributed by atoms with E-state index in [1.165, 1.54) is 0 Å². The standard InChI is InChI=1S/C8H12BrN3O/c1-8(2,9)7(13)11-4-6-3-10-5-12-6/h3,5H,4H2,1-2H3,(H,10,12)(H,11,13). The van der Waals surface area contributed by atoms with Crippen LogP contribution in [0.4, 0.5) is 0 Å². The second kappa shape index (κ2) is 3.91. The van der Waals surface area contributed by atoms with Crippen molar-refractivity contribution < 1.29 is 4.79 Å². The predicted octanol–water partition coefficient (Wildman–Crippen LogP) is 1.20. The number of halogens is 1. The molecule has 1 amide bonds. The zero-order valence-electron chi connectivity index (χ0n) is 7.60. The van der Waals surface area contributed by atoms with Gasteiger partial charge in [0.2, 0.25) is 5.91 Å². The summed E-state index contributed by atoms with van der Waals surface area (Å²) in [6.45, 7) is 4.08. The molecule has 0 fully saturated rings. The highest BCUT2D eigenvalue weighted by Gasteiger charge is 2.22. The molecule has 0 aliphatic rings. The van der Waals surface area contributed by atoms with Crippen molar-refractivity contribution in [1.29, 1.82) is 0 Å². The lowest BCUT2D eigenvalue weighted by Crippen LogP contribution is -2.37. The lowest BCUT2D eigenvalue weighted by atomic mass is 10.2. The molecule has 1 aromatic heterocycles. The van der Waals surface area contributed by atoms with E-state index in [-0.39, 0.29) is 5.91 Å². The fraction of sp³-hybridized carbons (Fsp3) is 0.500. The van der Waals surface area contributed by atoms with E-state index in [9.17, 15) is 4.79 Å². The van der Waals surface area contributed by atoms with Gasteiger partial charge in [-0.15, -0.1) is 0 Å². The average Bonchev–Trinajstić information content (AvgIpc) is 2.50. The fourth-order valence-corrected chi connectivity index (χ4v) is 0.907. The van der Waals surface area contributed by atoms with Crippen LogP contribution in [0.2, 0.25) is 0 Å². The van der Waals surface area contributed by atoms with Gasteiger partial charge in [0.05, 0.1) is 22.9 Å². The lowest BCUT2D eigenvalue weighted by molar-refractivity contribution is -0.122. The van der Waals surface area contributed by atoms with Crippen LogP contribution in [0.25, 0.3) is 0 Å². The lowest BCUT2D eigenvalue weighted by Gasteiger charge is -2.14. The third kappa shape index (κ3) is 3.18. The number of aromatic nitrogens is 2. The van der Waals surface area contributed by atoms with Crippen LogP contribution in [-0.2, 0) is 11.3 Å². The summed E-state index contributed by atoms with van der Waals surface area (Å²) >= 11 is 3.27. The topological polar surface area (TPSA) is 57.8 Å². The second-order valence-electron chi connectivity index (χ2n) is 3.23. The van der Waals surface area contributed by atoms with Gasteiger partial charge in [-0.2, -0.15) is 0 Å². The maximum Gasteiger partial charge on any atom is 0.236 e. The summed E-state index contributed by atoms with van der Waals surface area (Å²) in [7, 11) is 0. The number of hydrogen-bond acceptors (Lipinski definition) is 2. The van der Waals surface area contributed by atoms with Crippen LogP contribution >= 0.6 is 15.9 Å². The Morgan fingerprint density at radius 2 is 2.46 bits per heavy atom. The molecular weight excluding hydrogens is 234 g/mol. The zero-order valence-corrected chi connectivity index (χ0v) is 9.18. The SMILES string of the molecule is CC(C)(Br)C(=O)NCc1cnc[nH]1. The Labute approximate surface area is 85.3 Å². The third-order valence-corrected chi connectivity index (χ3v) is 1.89. The first-order valence-corrected chi connectivity index (χ1v) is 4.74. The summed E-state index contributed by atoms with van der Waals surface area (Å²) < 4.78 is -0.521. The minimum atomic E-state index is -0.521. The normalized spacial score (nSPS) is 11.3. The zero-order chi connectivity index (χ0) is 9.90. The van der Waals surface area contributed by atoms with Crippen molar-refractivity contribution in [3.05, 3.63) is 18.2 Å². The average molecular weight is 246 g/mol. The Hall–Kier alpha value is -0.840. The van der Waals surface area contributed by atoms with Crippen LogP contribution in [0.15, 0.2) is 12.5 Å². The third-order valence-electron chi connectivity index (χ3n) is 1.53. The first-order valence-electron chi connectivity index (χ1n) is 3.94. The van der Waals surface area contributed by atoms with E-state index in [4.69, 9.17) is 0 Å². The van der Waals surface area contributed by atoms with Crippen molar-refractivity contribution in [1.82, 2.24) is 15.3 Å². The molecule has 13 heavy (non-hydrogen) atoms. The molecule has 0 saturated heterocycles. The molecule has 1 rings (SSSR count). The summed E-state index contributed by atoms with van der Waals surface area (Å²) in [4.78, 5) is 18.1. The van der Waals surface area contributed by atoms with Crippen molar-refractivity contribution in [2.75, 3.05) is 0 Å². The van der Waals surface area contributed by atoms with Crippen molar-refractivity contribution in [3.8, 4) is 0 Å². The van der Waals surface area contributed by atoms with E-state index in [0.29, 0.717) is 6.54 Å². The summed E-state index contributed by atoms with van der Waals surface area (Å²) in [6.07, 6.45) is 3.27. The van der Waals surface area contributed by atoms with E-state index in [1.54, 1.807) is 26.4 Å². The maximum absolute atomic E-state index is 11.4. The van der Waals surface area contributed by atoms with Crippen molar-refractivity contribution in [3.63, 3.8) is 0 Å². The van der Waals surface area contributed by atoms with Gasteiger partial charge in [-0.3, -0.25) is 4.79 Å². The Morgan fingerprint density at radius 3 is 2.92 bits per heavy atom. The highest BCUT2D eigenvalue weighted by atomic mass is 79.9. The monoisotopic (exact) mass is 245 g/mol. The molecule has 5 heteroatoms. The molecule has 1 aromatic rings. The molecule has 0 spiro atoms. The number of alkyl halides is 1. The van der Waals surface area contributed by atoms with Gasteiger partial charge in [-0.05, 0) is 13.8 Å². The number of H-pyrrole nitrogens is 1. The molecule has 0 aliphatic carbocycles. The smallest absolute Gasteiger partial charge is 0.236 e. The van der Waals surface area contributed by atoms with Crippen molar-refractivity contribution in [2.45, 2.75) is 24.7 Å². The molecule has 0 unspecified atom stereocenters. The molecule has 0 aliphatic heterocycles. The van der Waals surface area contributed by atoms with Gasteiger partial charge in [0, 0.05) is 6.20 Å². The number of hydrogen-bond donors (Lipinski definition) is 2. The Balaban J connectivity index is 2.40. The Morgan fingerprint density at radius 1 is 1.77 bits per heavy atom. The largest absolute Gasteiger partial charge is 0.349 e. The number of rotatable bonds is 3. The fourth-order valence-electron chi connectivity index (χ4n) is 0.767. The quantitative estimate of drug-likeness (QED) is 0.787. The van der Waals surface area contributed by atoms with Gasteiger partial charge in [0.15, 0.2) is 0 Å². The minimum Gasteiger partial charge on any atom is -0.349 e. The van der Waals surface area contributed by atoms with Gasteiger partial charge in [0.25, 0.3) is 0 Å². The molecule has 1 heterocycles. The molecule has 2 N–H and O–H groups in total. The van der Waals surface area contributed by atoms with Crippen LogP contribution in [0.1, 0.15) is 19.5 Å². The first-order chi connectivity index (χ1) is 6.00. The number of imidazole rings is 1. The Kier molecular flexibility index (Phi) is 3.08. The molecule has 0 atom stereocenters. The molecular formula is C8H12BrN3O. The summed E-state index contributed by atoms with van der Waals surface area (Å²) in [5, 5.41) is 2.77.